The predicted octanol–water partition coefficient (Wildman–Crippen LogP) is 2.55. The van der Waals surface area contributed by atoms with E-state index in [1.165, 1.54) is 0 Å². The van der Waals surface area contributed by atoms with E-state index in [4.69, 9.17) is 17.0 Å². The van der Waals surface area contributed by atoms with Crippen molar-refractivity contribution in [3.8, 4) is 0 Å². The van der Waals surface area contributed by atoms with Gasteiger partial charge in [0.15, 0.2) is 0 Å². The third-order valence-corrected chi connectivity index (χ3v) is 2.41. The van der Waals surface area contributed by atoms with Crippen molar-refractivity contribution in [3.63, 3.8) is 0 Å². The van der Waals surface area contributed by atoms with Crippen molar-refractivity contribution < 1.29 is 4.74 Å². The molecule has 78 valence electrons. The molecule has 4 heteroatoms. The van der Waals surface area contributed by atoms with Crippen LogP contribution in [0.4, 0.5) is 0 Å². The van der Waals surface area contributed by atoms with E-state index in [1.54, 1.807) is 0 Å². The highest BCUT2D eigenvalue weighted by Gasteiger charge is 2.02. The molecule has 1 N–H and O–H groups in total. The molecule has 0 fully saturated rings. The molecule has 0 bridgehead atoms. The molecule has 0 aliphatic carbocycles. The molecule has 0 saturated carbocycles. The molecule has 0 radical (unpaired) electrons. The van der Waals surface area contributed by atoms with Crippen LogP contribution in [0.3, 0.4) is 0 Å². The van der Waals surface area contributed by atoms with E-state index in [2.05, 4.69) is 16.9 Å². The minimum atomic E-state index is 0.505. The number of ether oxygens (including phenoxy) is 1. The summed E-state index contributed by atoms with van der Waals surface area (Å²) in [5.41, 5.74) is 2.22. The smallest absolute Gasteiger partial charge is 0.134 e. The van der Waals surface area contributed by atoms with Gasteiger partial charge in [0.2, 0.25) is 0 Å². The van der Waals surface area contributed by atoms with Crippen molar-refractivity contribution in [3.05, 3.63) is 21.7 Å². The molecule has 14 heavy (non-hydrogen) atoms. The Kier molecular flexibility index (Phi) is 4.22. The van der Waals surface area contributed by atoms with Crippen LogP contribution < -0.4 is 0 Å². The monoisotopic (exact) mass is 212 g/mol. The summed E-state index contributed by atoms with van der Waals surface area (Å²) in [6.07, 6.45) is 0.920. The van der Waals surface area contributed by atoms with E-state index in [0.717, 1.165) is 23.5 Å². The van der Waals surface area contributed by atoms with E-state index in [9.17, 15) is 0 Å². The van der Waals surface area contributed by atoms with Crippen molar-refractivity contribution in [1.82, 2.24) is 9.97 Å². The molecule has 0 spiro atoms. The van der Waals surface area contributed by atoms with Gasteiger partial charge < -0.3 is 9.72 Å². The Morgan fingerprint density at radius 3 is 2.64 bits per heavy atom. The number of H-pyrrole nitrogens is 1. The summed E-state index contributed by atoms with van der Waals surface area (Å²) in [4.78, 5) is 7.48. The Morgan fingerprint density at radius 2 is 2.14 bits per heavy atom. The molecule has 0 atom stereocenters. The molecule has 0 amide bonds. The van der Waals surface area contributed by atoms with E-state index >= 15 is 0 Å². The Balaban J connectivity index is 2.96. The summed E-state index contributed by atoms with van der Waals surface area (Å²) in [6.45, 7) is 7.26. The van der Waals surface area contributed by atoms with Gasteiger partial charge in [0.25, 0.3) is 0 Å². The van der Waals surface area contributed by atoms with Crippen LogP contribution in [0.2, 0.25) is 0 Å². The van der Waals surface area contributed by atoms with E-state index in [0.29, 0.717) is 17.9 Å². The van der Waals surface area contributed by atoms with Crippen LogP contribution in [0.5, 0.6) is 0 Å². The number of aromatic nitrogens is 2. The van der Waals surface area contributed by atoms with Crippen LogP contribution in [0.15, 0.2) is 0 Å². The number of aromatic amines is 1. The zero-order valence-corrected chi connectivity index (χ0v) is 9.70. The number of rotatable bonds is 4. The molecular weight excluding hydrogens is 196 g/mol. The maximum atomic E-state index is 5.26. The highest BCUT2D eigenvalue weighted by molar-refractivity contribution is 7.71. The maximum absolute atomic E-state index is 5.26. The fraction of sp³-hybridized carbons (Fsp3) is 0.600. The van der Waals surface area contributed by atoms with Gasteiger partial charge in [-0.3, -0.25) is 0 Å². The molecule has 0 aliphatic heterocycles. The van der Waals surface area contributed by atoms with Gasteiger partial charge in [-0.1, -0.05) is 19.1 Å². The van der Waals surface area contributed by atoms with Gasteiger partial charge in [-0.15, -0.1) is 0 Å². The molecule has 0 unspecified atom stereocenters. The first kappa shape index (κ1) is 11.3. The zero-order valence-electron chi connectivity index (χ0n) is 8.89. The first-order valence-electron chi connectivity index (χ1n) is 4.85. The minimum absolute atomic E-state index is 0.505. The first-order valence-corrected chi connectivity index (χ1v) is 5.26. The van der Waals surface area contributed by atoms with Gasteiger partial charge >= 0.3 is 0 Å². The molecule has 0 saturated heterocycles. The minimum Gasteiger partial charge on any atom is -0.374 e. The third kappa shape index (κ3) is 2.62. The number of nitrogens with zero attached hydrogens (tertiary/aromatic N) is 1. The summed E-state index contributed by atoms with van der Waals surface area (Å²) in [5.74, 6) is 0.812. The van der Waals surface area contributed by atoms with Crippen LogP contribution in [-0.2, 0) is 17.8 Å². The number of hydrogen-bond acceptors (Lipinski definition) is 3. The number of nitrogens with one attached hydrogen (secondary N) is 1. The molecule has 0 aliphatic rings. The SMILES string of the molecule is CCOCc1nc(=S)c(CC)c(C)[nH]1. The molecule has 1 rings (SSSR count). The van der Waals surface area contributed by atoms with Gasteiger partial charge in [-0.2, -0.15) is 0 Å². The number of aryl methyl sites for hydroxylation is 1. The lowest BCUT2D eigenvalue weighted by atomic mass is 10.2. The Bertz CT molecular complexity index is 360. The Labute approximate surface area is 89.5 Å². The summed E-state index contributed by atoms with van der Waals surface area (Å²) in [5, 5.41) is 0. The van der Waals surface area contributed by atoms with Crippen LogP contribution in [0, 0.1) is 11.6 Å². The molecule has 1 heterocycles. The molecule has 0 aromatic carbocycles. The lowest BCUT2D eigenvalue weighted by Crippen LogP contribution is -2.04. The normalized spacial score (nSPS) is 10.5. The highest BCUT2D eigenvalue weighted by atomic mass is 32.1. The van der Waals surface area contributed by atoms with Gasteiger partial charge in [0.05, 0.1) is 0 Å². The Hall–Kier alpha value is -0.740. The van der Waals surface area contributed by atoms with Crippen molar-refractivity contribution >= 4 is 12.2 Å². The standard InChI is InChI=1S/C10H16N2OS/c1-4-8-7(3)11-9(6-13-5-2)12-10(8)14/h4-6H2,1-3H3,(H,11,12,14). The van der Waals surface area contributed by atoms with E-state index in [1.807, 2.05) is 13.8 Å². The molecule has 1 aromatic heterocycles. The zero-order chi connectivity index (χ0) is 10.6. The van der Waals surface area contributed by atoms with Gasteiger partial charge in [0, 0.05) is 17.9 Å². The van der Waals surface area contributed by atoms with Crippen molar-refractivity contribution in [2.75, 3.05) is 6.61 Å². The average molecular weight is 212 g/mol. The van der Waals surface area contributed by atoms with Crippen molar-refractivity contribution in [1.29, 1.82) is 0 Å². The topological polar surface area (TPSA) is 37.9 Å². The predicted molar refractivity (Wildman–Crippen MR) is 58.9 cm³/mol. The first-order chi connectivity index (χ1) is 6.69. The summed E-state index contributed by atoms with van der Waals surface area (Å²) in [7, 11) is 0. The second-order valence-electron chi connectivity index (χ2n) is 3.08. The fourth-order valence-corrected chi connectivity index (χ4v) is 1.76. The lowest BCUT2D eigenvalue weighted by molar-refractivity contribution is 0.128. The second-order valence-corrected chi connectivity index (χ2v) is 3.47. The molecule has 3 nitrogen and oxygen atoms in total. The van der Waals surface area contributed by atoms with Crippen LogP contribution in [0.25, 0.3) is 0 Å². The van der Waals surface area contributed by atoms with Crippen LogP contribution in [0.1, 0.15) is 30.9 Å². The fourth-order valence-electron chi connectivity index (χ4n) is 1.35. The van der Waals surface area contributed by atoms with E-state index in [-0.39, 0.29) is 0 Å². The number of hydrogen-bond donors (Lipinski definition) is 1. The van der Waals surface area contributed by atoms with Gasteiger partial charge in [0.1, 0.15) is 17.1 Å². The lowest BCUT2D eigenvalue weighted by Gasteiger charge is -2.07. The summed E-state index contributed by atoms with van der Waals surface area (Å²) < 4.78 is 5.96. The van der Waals surface area contributed by atoms with E-state index < -0.39 is 0 Å². The third-order valence-electron chi connectivity index (χ3n) is 2.08. The molecular formula is C10H16N2OS. The van der Waals surface area contributed by atoms with Crippen LogP contribution >= 0.6 is 12.2 Å². The van der Waals surface area contributed by atoms with Crippen LogP contribution in [-0.4, -0.2) is 16.6 Å². The van der Waals surface area contributed by atoms with Crippen molar-refractivity contribution in [2.45, 2.75) is 33.8 Å². The second kappa shape index (κ2) is 5.22. The highest BCUT2D eigenvalue weighted by Crippen LogP contribution is 2.08. The Morgan fingerprint density at radius 1 is 1.43 bits per heavy atom. The van der Waals surface area contributed by atoms with Crippen molar-refractivity contribution in [2.24, 2.45) is 0 Å². The average Bonchev–Trinajstić information content (AvgIpc) is 2.14. The van der Waals surface area contributed by atoms with Gasteiger partial charge in [-0.05, 0) is 20.3 Å². The maximum Gasteiger partial charge on any atom is 0.134 e. The summed E-state index contributed by atoms with van der Waals surface area (Å²) >= 11 is 5.19. The largest absolute Gasteiger partial charge is 0.374 e. The van der Waals surface area contributed by atoms with Gasteiger partial charge in [-0.25, -0.2) is 4.98 Å². The quantitative estimate of drug-likeness (QED) is 0.779. The molecule has 1 aromatic rings. The summed E-state index contributed by atoms with van der Waals surface area (Å²) in [6, 6.07) is 0.